The molecule has 0 unspecified atom stereocenters. The van der Waals surface area contributed by atoms with Gasteiger partial charge in [-0.15, -0.1) is 0 Å². The molecule has 1 aliphatic rings. The number of hydrogen-bond donors (Lipinski definition) is 1. The highest BCUT2D eigenvalue weighted by molar-refractivity contribution is 6.07. The number of hydrogen-bond acceptors (Lipinski definition) is 3. The van der Waals surface area contributed by atoms with Crippen molar-refractivity contribution in [2.24, 2.45) is 0 Å². The first-order valence-corrected chi connectivity index (χ1v) is 12.4. The van der Waals surface area contributed by atoms with E-state index in [1.54, 1.807) is 7.11 Å². The van der Waals surface area contributed by atoms with E-state index >= 15 is 0 Å². The molecule has 2 heterocycles. The predicted octanol–water partition coefficient (Wildman–Crippen LogP) is 4.66. The Morgan fingerprint density at radius 1 is 0.917 bits per heavy atom. The molecule has 0 spiro atoms. The van der Waals surface area contributed by atoms with Gasteiger partial charge in [0.2, 0.25) is 5.91 Å². The van der Waals surface area contributed by atoms with E-state index < -0.39 is 0 Å². The van der Waals surface area contributed by atoms with Crippen LogP contribution in [0.3, 0.4) is 0 Å². The average Bonchev–Trinajstić information content (AvgIpc) is 3.28. The number of fused-ring (bicyclic) bond motifs is 1. The molecule has 0 saturated carbocycles. The largest absolute Gasteiger partial charge is 0.496 e. The fourth-order valence-corrected chi connectivity index (χ4v) is 5.00. The SMILES string of the molecule is COc1ccccc1CC(=O)N1CCC(NC(=O)c2cn(Cc3ccccc3)c3ccccc23)CC1. The van der Waals surface area contributed by atoms with Crippen LogP contribution in [0.15, 0.2) is 85.1 Å². The summed E-state index contributed by atoms with van der Waals surface area (Å²) in [6.07, 6.45) is 3.76. The topological polar surface area (TPSA) is 63.6 Å². The van der Waals surface area contributed by atoms with Crippen molar-refractivity contribution in [2.75, 3.05) is 20.2 Å². The summed E-state index contributed by atoms with van der Waals surface area (Å²) < 4.78 is 7.52. The number of aromatic nitrogens is 1. The molecule has 0 radical (unpaired) electrons. The van der Waals surface area contributed by atoms with E-state index in [4.69, 9.17) is 4.74 Å². The van der Waals surface area contributed by atoms with Gasteiger partial charge in [-0.2, -0.15) is 0 Å². The number of rotatable bonds is 7. The van der Waals surface area contributed by atoms with E-state index in [9.17, 15) is 9.59 Å². The lowest BCUT2D eigenvalue weighted by Gasteiger charge is -2.32. The lowest BCUT2D eigenvalue weighted by molar-refractivity contribution is -0.131. The summed E-state index contributed by atoms with van der Waals surface area (Å²) in [6, 6.07) is 26.0. The van der Waals surface area contributed by atoms with Gasteiger partial charge < -0.3 is 19.5 Å². The number of amides is 2. The Morgan fingerprint density at radius 2 is 1.61 bits per heavy atom. The van der Waals surface area contributed by atoms with Crippen LogP contribution in [-0.4, -0.2) is 47.5 Å². The monoisotopic (exact) mass is 481 g/mol. The molecule has 5 rings (SSSR count). The molecule has 1 fully saturated rings. The van der Waals surface area contributed by atoms with Gasteiger partial charge in [0.15, 0.2) is 0 Å². The summed E-state index contributed by atoms with van der Waals surface area (Å²) >= 11 is 0. The average molecular weight is 482 g/mol. The molecule has 2 amide bonds. The number of piperidine rings is 1. The first-order chi connectivity index (χ1) is 17.6. The smallest absolute Gasteiger partial charge is 0.253 e. The third kappa shape index (κ3) is 5.13. The molecular weight excluding hydrogens is 450 g/mol. The van der Waals surface area contributed by atoms with E-state index in [0.29, 0.717) is 31.6 Å². The number of nitrogens with zero attached hydrogens (tertiary/aromatic N) is 2. The lowest BCUT2D eigenvalue weighted by atomic mass is 10.0. The number of para-hydroxylation sites is 2. The maximum absolute atomic E-state index is 13.3. The molecule has 1 aromatic heterocycles. The highest BCUT2D eigenvalue weighted by Gasteiger charge is 2.25. The second-order valence-electron chi connectivity index (χ2n) is 9.29. The van der Waals surface area contributed by atoms with E-state index in [1.165, 1.54) is 5.56 Å². The number of likely N-dealkylation sites (tertiary alicyclic amines) is 1. The third-order valence-electron chi connectivity index (χ3n) is 6.95. The lowest BCUT2D eigenvalue weighted by Crippen LogP contribution is -2.47. The fourth-order valence-electron chi connectivity index (χ4n) is 5.00. The molecule has 0 aliphatic carbocycles. The van der Waals surface area contributed by atoms with Gasteiger partial charge in [0.25, 0.3) is 5.91 Å². The molecule has 4 aromatic rings. The second kappa shape index (κ2) is 10.7. The Bertz CT molecular complexity index is 1350. The van der Waals surface area contributed by atoms with Crippen LogP contribution in [0, 0.1) is 0 Å². The van der Waals surface area contributed by atoms with Crippen LogP contribution >= 0.6 is 0 Å². The number of nitrogens with one attached hydrogen (secondary N) is 1. The zero-order valence-electron chi connectivity index (χ0n) is 20.5. The van der Waals surface area contributed by atoms with Crippen molar-refractivity contribution >= 4 is 22.7 Å². The van der Waals surface area contributed by atoms with Gasteiger partial charge in [-0.05, 0) is 30.5 Å². The van der Waals surface area contributed by atoms with Gasteiger partial charge in [0.1, 0.15) is 5.75 Å². The van der Waals surface area contributed by atoms with Gasteiger partial charge in [-0.3, -0.25) is 9.59 Å². The summed E-state index contributed by atoms with van der Waals surface area (Å²) in [7, 11) is 1.62. The van der Waals surface area contributed by atoms with Gasteiger partial charge in [0, 0.05) is 48.3 Å². The van der Waals surface area contributed by atoms with Gasteiger partial charge in [-0.25, -0.2) is 0 Å². The Balaban J connectivity index is 1.22. The molecule has 1 saturated heterocycles. The van der Waals surface area contributed by atoms with Crippen LogP contribution in [0.1, 0.15) is 34.3 Å². The normalized spacial score (nSPS) is 14.1. The number of methoxy groups -OCH3 is 1. The van der Waals surface area contributed by atoms with Gasteiger partial charge in [-0.1, -0.05) is 66.7 Å². The molecule has 0 bridgehead atoms. The minimum atomic E-state index is -0.0585. The number of carbonyl (C=O) groups excluding carboxylic acids is 2. The van der Waals surface area contributed by atoms with Crippen molar-refractivity contribution in [2.45, 2.75) is 31.8 Å². The van der Waals surface area contributed by atoms with Crippen molar-refractivity contribution in [3.63, 3.8) is 0 Å². The van der Waals surface area contributed by atoms with Crippen molar-refractivity contribution in [3.05, 3.63) is 102 Å². The van der Waals surface area contributed by atoms with Crippen molar-refractivity contribution in [1.29, 1.82) is 0 Å². The zero-order chi connectivity index (χ0) is 24.9. The number of carbonyl (C=O) groups is 2. The highest BCUT2D eigenvalue weighted by Crippen LogP contribution is 2.24. The molecule has 1 N–H and O–H groups in total. The Labute approximate surface area is 211 Å². The Hall–Kier alpha value is -4.06. The number of benzene rings is 3. The van der Waals surface area contributed by atoms with Crippen LogP contribution < -0.4 is 10.1 Å². The van der Waals surface area contributed by atoms with Crippen LogP contribution in [0.25, 0.3) is 10.9 Å². The minimum Gasteiger partial charge on any atom is -0.496 e. The van der Waals surface area contributed by atoms with Crippen LogP contribution in [-0.2, 0) is 17.8 Å². The second-order valence-corrected chi connectivity index (χ2v) is 9.29. The van der Waals surface area contributed by atoms with Crippen molar-refractivity contribution < 1.29 is 14.3 Å². The maximum atomic E-state index is 13.3. The summed E-state index contributed by atoms with van der Waals surface area (Å²) in [5, 5.41) is 4.18. The quantitative estimate of drug-likeness (QED) is 0.418. The molecule has 6 heteroatoms. The Kier molecular flexibility index (Phi) is 7.03. The van der Waals surface area contributed by atoms with E-state index in [0.717, 1.165) is 35.1 Å². The zero-order valence-corrected chi connectivity index (χ0v) is 20.5. The summed E-state index contributed by atoms with van der Waals surface area (Å²) in [4.78, 5) is 28.1. The van der Waals surface area contributed by atoms with Crippen molar-refractivity contribution in [3.8, 4) is 5.75 Å². The van der Waals surface area contributed by atoms with Crippen LogP contribution in [0.2, 0.25) is 0 Å². The molecule has 3 aromatic carbocycles. The van der Waals surface area contributed by atoms with E-state index in [1.807, 2.05) is 71.8 Å². The fraction of sp³-hybridized carbons (Fsp3) is 0.267. The predicted molar refractivity (Wildman–Crippen MR) is 141 cm³/mol. The van der Waals surface area contributed by atoms with Gasteiger partial charge >= 0.3 is 0 Å². The van der Waals surface area contributed by atoms with Crippen LogP contribution in [0.4, 0.5) is 0 Å². The maximum Gasteiger partial charge on any atom is 0.253 e. The molecule has 184 valence electrons. The molecular formula is C30H31N3O3. The molecule has 6 nitrogen and oxygen atoms in total. The molecule has 36 heavy (non-hydrogen) atoms. The highest BCUT2D eigenvalue weighted by atomic mass is 16.5. The van der Waals surface area contributed by atoms with E-state index in [-0.39, 0.29) is 17.9 Å². The summed E-state index contributed by atoms with van der Waals surface area (Å²) in [6.45, 7) is 1.98. The van der Waals surface area contributed by atoms with E-state index in [2.05, 4.69) is 28.1 Å². The van der Waals surface area contributed by atoms with Crippen molar-refractivity contribution in [1.82, 2.24) is 14.8 Å². The minimum absolute atomic E-state index is 0.0454. The summed E-state index contributed by atoms with van der Waals surface area (Å²) in [5.41, 5.74) is 3.82. The first kappa shape index (κ1) is 23.7. The molecule has 1 aliphatic heterocycles. The van der Waals surface area contributed by atoms with Crippen LogP contribution in [0.5, 0.6) is 5.75 Å². The standard InChI is InChI=1S/C30H31N3O3/c1-36-28-14-8-5-11-23(28)19-29(34)32-17-15-24(16-18-32)31-30(35)26-21-33(20-22-9-3-2-4-10-22)27-13-7-6-12-25(26)27/h2-14,21,24H,15-20H2,1H3,(H,31,35). The summed E-state index contributed by atoms with van der Waals surface area (Å²) in [5.74, 6) is 0.768. The number of ether oxygens (including phenoxy) is 1. The Morgan fingerprint density at radius 3 is 2.39 bits per heavy atom. The van der Waals surface area contributed by atoms with Gasteiger partial charge in [0.05, 0.1) is 19.1 Å². The molecule has 0 atom stereocenters. The third-order valence-corrected chi connectivity index (χ3v) is 6.95. The first-order valence-electron chi connectivity index (χ1n) is 12.4.